The van der Waals surface area contributed by atoms with Gasteiger partial charge in [-0.1, -0.05) is 37.3 Å². The molecule has 2 heterocycles. The number of aromatic nitrogens is 4. The lowest BCUT2D eigenvalue weighted by Crippen LogP contribution is -2.07. The second-order valence-corrected chi connectivity index (χ2v) is 5.17. The second kappa shape index (κ2) is 6.39. The molecule has 1 atom stereocenters. The average molecular weight is 294 g/mol. The molecule has 0 radical (unpaired) electrons. The molecule has 0 N–H and O–H groups in total. The van der Waals surface area contributed by atoms with Crippen molar-refractivity contribution in [1.29, 1.82) is 0 Å². The Balaban J connectivity index is 1.82. The molecule has 0 bridgehead atoms. The number of methoxy groups -OCH3 is 1. The van der Waals surface area contributed by atoms with E-state index in [0.717, 1.165) is 17.9 Å². The molecular formula is C17H18N4O. The Kier molecular flexibility index (Phi) is 4.14. The van der Waals surface area contributed by atoms with Gasteiger partial charge in [-0.3, -0.25) is 0 Å². The van der Waals surface area contributed by atoms with Crippen LogP contribution in [-0.2, 0) is 6.54 Å². The third kappa shape index (κ3) is 2.98. The summed E-state index contributed by atoms with van der Waals surface area (Å²) < 4.78 is 7.12. The van der Waals surface area contributed by atoms with E-state index in [1.54, 1.807) is 25.7 Å². The van der Waals surface area contributed by atoms with Gasteiger partial charge in [0, 0.05) is 31.3 Å². The third-order valence-electron chi connectivity index (χ3n) is 3.62. The SMILES string of the molecule is COc1ncc(-c2nccn2C[C@@H](C)c2ccccc2)cn1. The molecule has 5 nitrogen and oxygen atoms in total. The van der Waals surface area contributed by atoms with Crippen LogP contribution >= 0.6 is 0 Å². The van der Waals surface area contributed by atoms with Crippen molar-refractivity contribution in [2.45, 2.75) is 19.4 Å². The van der Waals surface area contributed by atoms with E-state index in [1.165, 1.54) is 5.56 Å². The summed E-state index contributed by atoms with van der Waals surface area (Å²) in [6, 6.07) is 10.8. The number of nitrogens with zero attached hydrogens (tertiary/aromatic N) is 4. The summed E-state index contributed by atoms with van der Waals surface area (Å²) in [5.41, 5.74) is 2.19. The minimum atomic E-state index is 0.361. The van der Waals surface area contributed by atoms with E-state index in [4.69, 9.17) is 4.74 Å². The van der Waals surface area contributed by atoms with E-state index in [1.807, 2.05) is 12.3 Å². The molecule has 0 saturated carbocycles. The lowest BCUT2D eigenvalue weighted by atomic mass is 10.0. The van der Waals surface area contributed by atoms with Gasteiger partial charge in [0.15, 0.2) is 0 Å². The Morgan fingerprint density at radius 2 is 1.82 bits per heavy atom. The van der Waals surface area contributed by atoms with Crippen molar-refractivity contribution in [3.05, 3.63) is 60.7 Å². The minimum Gasteiger partial charge on any atom is -0.467 e. The number of benzene rings is 1. The molecule has 0 spiro atoms. The Bertz CT molecular complexity index is 722. The monoisotopic (exact) mass is 294 g/mol. The fraction of sp³-hybridized carbons (Fsp3) is 0.235. The lowest BCUT2D eigenvalue weighted by Gasteiger charge is -2.14. The highest BCUT2D eigenvalue weighted by atomic mass is 16.5. The van der Waals surface area contributed by atoms with Crippen LogP contribution in [0.3, 0.4) is 0 Å². The summed E-state index contributed by atoms with van der Waals surface area (Å²) in [6.45, 7) is 3.06. The molecule has 0 aliphatic carbocycles. The van der Waals surface area contributed by atoms with Crippen LogP contribution in [0.4, 0.5) is 0 Å². The quantitative estimate of drug-likeness (QED) is 0.725. The van der Waals surface area contributed by atoms with E-state index in [-0.39, 0.29) is 0 Å². The smallest absolute Gasteiger partial charge is 0.316 e. The van der Waals surface area contributed by atoms with E-state index in [9.17, 15) is 0 Å². The molecule has 1 aromatic carbocycles. The maximum atomic E-state index is 4.99. The van der Waals surface area contributed by atoms with E-state index in [2.05, 4.69) is 50.7 Å². The van der Waals surface area contributed by atoms with Gasteiger partial charge < -0.3 is 9.30 Å². The van der Waals surface area contributed by atoms with Crippen molar-refractivity contribution >= 4 is 0 Å². The van der Waals surface area contributed by atoms with Crippen molar-refractivity contribution in [3.8, 4) is 17.4 Å². The Morgan fingerprint density at radius 1 is 1.09 bits per heavy atom. The van der Waals surface area contributed by atoms with E-state index in [0.29, 0.717) is 11.9 Å². The molecule has 112 valence electrons. The first-order valence-corrected chi connectivity index (χ1v) is 7.20. The number of imidazole rings is 1. The first-order chi connectivity index (χ1) is 10.8. The highest BCUT2D eigenvalue weighted by molar-refractivity contribution is 5.52. The minimum absolute atomic E-state index is 0.361. The van der Waals surface area contributed by atoms with Gasteiger partial charge in [-0.05, 0) is 11.5 Å². The average Bonchev–Trinajstić information content (AvgIpc) is 3.04. The molecule has 0 saturated heterocycles. The number of hydrogen-bond donors (Lipinski definition) is 0. The van der Waals surface area contributed by atoms with Crippen LogP contribution in [0, 0.1) is 0 Å². The molecule has 0 aliphatic heterocycles. The van der Waals surface area contributed by atoms with Crippen LogP contribution in [0.5, 0.6) is 6.01 Å². The van der Waals surface area contributed by atoms with Gasteiger partial charge in [-0.25, -0.2) is 15.0 Å². The summed E-state index contributed by atoms with van der Waals surface area (Å²) in [5.74, 6) is 1.26. The topological polar surface area (TPSA) is 52.8 Å². The fourth-order valence-corrected chi connectivity index (χ4v) is 2.44. The van der Waals surface area contributed by atoms with Gasteiger partial charge in [0.2, 0.25) is 0 Å². The zero-order chi connectivity index (χ0) is 15.4. The number of rotatable bonds is 5. The number of ether oxygens (including phenoxy) is 1. The first-order valence-electron chi connectivity index (χ1n) is 7.20. The van der Waals surface area contributed by atoms with Crippen molar-refractivity contribution < 1.29 is 4.74 Å². The molecule has 0 amide bonds. The highest BCUT2D eigenvalue weighted by Crippen LogP contribution is 2.22. The van der Waals surface area contributed by atoms with Gasteiger partial charge >= 0.3 is 6.01 Å². The summed E-state index contributed by atoms with van der Waals surface area (Å²) in [4.78, 5) is 12.7. The highest BCUT2D eigenvalue weighted by Gasteiger charge is 2.11. The van der Waals surface area contributed by atoms with Crippen molar-refractivity contribution in [2.75, 3.05) is 7.11 Å². The molecule has 22 heavy (non-hydrogen) atoms. The predicted octanol–water partition coefficient (Wildman–Crippen LogP) is 3.15. The lowest BCUT2D eigenvalue weighted by molar-refractivity contribution is 0.380. The van der Waals surface area contributed by atoms with E-state index < -0.39 is 0 Å². The summed E-state index contributed by atoms with van der Waals surface area (Å²) >= 11 is 0. The van der Waals surface area contributed by atoms with Crippen molar-refractivity contribution in [2.24, 2.45) is 0 Å². The second-order valence-electron chi connectivity index (χ2n) is 5.17. The molecule has 3 aromatic rings. The normalized spacial score (nSPS) is 12.1. The zero-order valence-corrected chi connectivity index (χ0v) is 12.7. The largest absolute Gasteiger partial charge is 0.467 e. The molecule has 0 unspecified atom stereocenters. The van der Waals surface area contributed by atoms with Gasteiger partial charge in [0.1, 0.15) is 5.82 Å². The molecule has 2 aromatic heterocycles. The van der Waals surface area contributed by atoms with Crippen LogP contribution in [0.25, 0.3) is 11.4 Å². The summed E-state index contributed by atoms with van der Waals surface area (Å²) in [5, 5.41) is 0. The molecule has 0 aliphatic rings. The predicted molar refractivity (Wildman–Crippen MR) is 84.7 cm³/mol. The summed E-state index contributed by atoms with van der Waals surface area (Å²) in [6.07, 6.45) is 7.26. The Morgan fingerprint density at radius 3 is 2.50 bits per heavy atom. The first kappa shape index (κ1) is 14.3. The molecular weight excluding hydrogens is 276 g/mol. The van der Waals surface area contributed by atoms with Gasteiger partial charge in [-0.2, -0.15) is 0 Å². The van der Waals surface area contributed by atoms with Crippen LogP contribution in [0.15, 0.2) is 55.1 Å². The zero-order valence-electron chi connectivity index (χ0n) is 12.7. The maximum Gasteiger partial charge on any atom is 0.316 e. The standard InChI is InChI=1S/C17H18N4O/c1-13(14-6-4-3-5-7-14)12-21-9-8-18-16(21)15-10-19-17(22-2)20-11-15/h3-11,13H,12H2,1-2H3/t13-/m1/s1. The molecule has 3 rings (SSSR count). The van der Waals surface area contributed by atoms with Crippen LogP contribution in [-0.4, -0.2) is 26.6 Å². The third-order valence-corrected chi connectivity index (χ3v) is 3.62. The van der Waals surface area contributed by atoms with Crippen molar-refractivity contribution in [1.82, 2.24) is 19.5 Å². The Hall–Kier alpha value is -2.69. The fourth-order valence-electron chi connectivity index (χ4n) is 2.44. The van der Waals surface area contributed by atoms with Crippen LogP contribution in [0.1, 0.15) is 18.4 Å². The van der Waals surface area contributed by atoms with Gasteiger partial charge in [-0.15, -0.1) is 0 Å². The number of hydrogen-bond acceptors (Lipinski definition) is 4. The van der Waals surface area contributed by atoms with Crippen molar-refractivity contribution in [3.63, 3.8) is 0 Å². The van der Waals surface area contributed by atoms with Gasteiger partial charge in [0.25, 0.3) is 0 Å². The Labute approximate surface area is 129 Å². The maximum absolute atomic E-state index is 4.99. The molecule has 5 heteroatoms. The molecule has 0 fully saturated rings. The van der Waals surface area contributed by atoms with Crippen LogP contribution < -0.4 is 4.74 Å². The van der Waals surface area contributed by atoms with E-state index >= 15 is 0 Å². The summed E-state index contributed by atoms with van der Waals surface area (Å²) in [7, 11) is 1.55. The van der Waals surface area contributed by atoms with Gasteiger partial charge in [0.05, 0.1) is 12.7 Å². The van der Waals surface area contributed by atoms with Crippen LogP contribution in [0.2, 0.25) is 0 Å².